The molecule has 1 aromatic carbocycles. The van der Waals surface area contributed by atoms with E-state index in [2.05, 4.69) is 42.0 Å². The topological polar surface area (TPSA) is 87.5 Å². The van der Waals surface area contributed by atoms with E-state index in [1.54, 1.807) is 4.90 Å². The summed E-state index contributed by atoms with van der Waals surface area (Å²) in [7, 11) is 0. The van der Waals surface area contributed by atoms with Crippen molar-refractivity contribution in [2.75, 3.05) is 13.1 Å². The summed E-state index contributed by atoms with van der Waals surface area (Å²) in [5, 5.41) is 0. The van der Waals surface area contributed by atoms with Gasteiger partial charge in [-0.2, -0.15) is 0 Å². The molecule has 2 amide bonds. The maximum absolute atomic E-state index is 12.7. The predicted octanol–water partition coefficient (Wildman–Crippen LogP) is 0.627. The molecule has 2 fully saturated rings. The quantitative estimate of drug-likeness (QED) is 0.763. The molecule has 2 heterocycles. The van der Waals surface area contributed by atoms with Crippen molar-refractivity contribution in [1.82, 2.24) is 15.8 Å². The van der Waals surface area contributed by atoms with Crippen molar-refractivity contribution in [3.63, 3.8) is 0 Å². The molecule has 0 spiro atoms. The van der Waals surface area contributed by atoms with Crippen molar-refractivity contribution >= 4 is 11.8 Å². The first-order valence-electron chi connectivity index (χ1n) is 8.20. The Labute approximate surface area is 136 Å². The van der Waals surface area contributed by atoms with Gasteiger partial charge in [0, 0.05) is 19.1 Å². The van der Waals surface area contributed by atoms with Gasteiger partial charge in [-0.05, 0) is 31.7 Å². The highest BCUT2D eigenvalue weighted by atomic mass is 16.2. The number of nitrogens with zero attached hydrogens (tertiary/aromatic N) is 1. The molecule has 1 aromatic rings. The smallest absolute Gasteiger partial charge is 0.241 e. The fourth-order valence-corrected chi connectivity index (χ4v) is 3.37. The zero-order valence-electron chi connectivity index (χ0n) is 13.4. The number of piperidine rings is 1. The van der Waals surface area contributed by atoms with Crippen molar-refractivity contribution in [2.24, 2.45) is 11.7 Å². The van der Waals surface area contributed by atoms with Gasteiger partial charge in [0.05, 0.1) is 5.92 Å². The fourth-order valence-electron chi connectivity index (χ4n) is 3.37. The SMILES string of the molecule is Cc1ccc(C2CC(C(=O)N3CCCC(C(N)=O)C3)NN2)cc1. The molecule has 3 rings (SSSR count). The van der Waals surface area contributed by atoms with Gasteiger partial charge >= 0.3 is 0 Å². The Morgan fingerprint density at radius 2 is 1.96 bits per heavy atom. The number of carbonyl (C=O) groups excluding carboxylic acids is 2. The van der Waals surface area contributed by atoms with Crippen molar-refractivity contribution in [2.45, 2.75) is 38.3 Å². The van der Waals surface area contributed by atoms with E-state index in [0.717, 1.165) is 12.8 Å². The van der Waals surface area contributed by atoms with Gasteiger partial charge in [0.25, 0.3) is 0 Å². The number of likely N-dealkylation sites (tertiary alicyclic amines) is 1. The minimum absolute atomic E-state index is 0.0538. The number of rotatable bonds is 3. The highest BCUT2D eigenvalue weighted by Crippen LogP contribution is 2.25. The zero-order chi connectivity index (χ0) is 16.4. The Hall–Kier alpha value is -1.92. The summed E-state index contributed by atoms with van der Waals surface area (Å²) in [6.45, 7) is 3.21. The highest BCUT2D eigenvalue weighted by Gasteiger charge is 2.35. The average Bonchev–Trinajstić information content (AvgIpc) is 3.05. The van der Waals surface area contributed by atoms with Gasteiger partial charge in [0.1, 0.15) is 6.04 Å². The normalized spacial score (nSPS) is 27.9. The number of hydrazine groups is 1. The van der Waals surface area contributed by atoms with Crippen LogP contribution in [0.15, 0.2) is 24.3 Å². The molecular weight excluding hydrogens is 292 g/mol. The van der Waals surface area contributed by atoms with Gasteiger partial charge in [-0.15, -0.1) is 0 Å². The number of aryl methyl sites for hydroxylation is 1. The average molecular weight is 316 g/mol. The Bertz CT molecular complexity index is 587. The molecule has 0 aliphatic carbocycles. The van der Waals surface area contributed by atoms with Crippen molar-refractivity contribution in [1.29, 1.82) is 0 Å². The molecule has 23 heavy (non-hydrogen) atoms. The van der Waals surface area contributed by atoms with Crippen LogP contribution in [0, 0.1) is 12.8 Å². The third-order valence-corrected chi connectivity index (χ3v) is 4.82. The Kier molecular flexibility index (Phi) is 4.63. The number of hydrogen-bond donors (Lipinski definition) is 3. The van der Waals surface area contributed by atoms with E-state index in [0.29, 0.717) is 19.5 Å². The summed E-state index contributed by atoms with van der Waals surface area (Å²) in [5.41, 5.74) is 14.1. The summed E-state index contributed by atoms with van der Waals surface area (Å²) in [4.78, 5) is 25.8. The first-order chi connectivity index (χ1) is 11.0. The molecule has 6 heteroatoms. The zero-order valence-corrected chi connectivity index (χ0v) is 13.4. The number of primary amides is 1. The number of benzene rings is 1. The second kappa shape index (κ2) is 6.68. The van der Waals surface area contributed by atoms with Crippen molar-refractivity contribution in [3.05, 3.63) is 35.4 Å². The molecule has 2 saturated heterocycles. The van der Waals surface area contributed by atoms with Gasteiger partial charge in [0.15, 0.2) is 0 Å². The van der Waals surface area contributed by atoms with E-state index < -0.39 is 0 Å². The number of carbonyl (C=O) groups is 2. The molecule has 0 aromatic heterocycles. The number of amides is 2. The van der Waals surface area contributed by atoms with Crippen LogP contribution in [0.3, 0.4) is 0 Å². The monoisotopic (exact) mass is 316 g/mol. The first-order valence-corrected chi connectivity index (χ1v) is 8.20. The van der Waals surface area contributed by atoms with Crippen LogP contribution in [-0.2, 0) is 9.59 Å². The second-order valence-corrected chi connectivity index (χ2v) is 6.57. The first kappa shape index (κ1) is 16.0. The van der Waals surface area contributed by atoms with E-state index in [4.69, 9.17) is 5.73 Å². The third-order valence-electron chi connectivity index (χ3n) is 4.82. The van der Waals surface area contributed by atoms with Crippen LogP contribution in [-0.4, -0.2) is 35.8 Å². The standard InChI is InChI=1S/C17H24N4O2/c1-11-4-6-12(7-5-11)14-9-15(20-19-14)17(23)21-8-2-3-13(10-21)16(18)22/h4-7,13-15,19-20H,2-3,8-10H2,1H3,(H2,18,22). The van der Waals surface area contributed by atoms with Crippen molar-refractivity contribution < 1.29 is 9.59 Å². The molecule has 2 aliphatic heterocycles. The van der Waals surface area contributed by atoms with Crippen LogP contribution in [0.1, 0.15) is 36.4 Å². The summed E-state index contributed by atoms with van der Waals surface area (Å²) in [6.07, 6.45) is 2.32. The molecular formula is C17H24N4O2. The molecule has 124 valence electrons. The maximum atomic E-state index is 12.7. The van der Waals surface area contributed by atoms with E-state index in [1.165, 1.54) is 11.1 Å². The Morgan fingerprint density at radius 3 is 2.65 bits per heavy atom. The van der Waals surface area contributed by atoms with Gasteiger partial charge < -0.3 is 10.6 Å². The number of hydrogen-bond acceptors (Lipinski definition) is 4. The van der Waals surface area contributed by atoms with E-state index in [9.17, 15) is 9.59 Å². The van der Waals surface area contributed by atoms with E-state index in [-0.39, 0.29) is 29.8 Å². The lowest BCUT2D eigenvalue weighted by Crippen LogP contribution is -2.50. The molecule has 2 aliphatic rings. The molecule has 0 radical (unpaired) electrons. The summed E-state index contributed by atoms with van der Waals surface area (Å²) in [5.74, 6) is -0.467. The summed E-state index contributed by atoms with van der Waals surface area (Å²) < 4.78 is 0. The summed E-state index contributed by atoms with van der Waals surface area (Å²) >= 11 is 0. The Morgan fingerprint density at radius 1 is 1.22 bits per heavy atom. The molecule has 0 bridgehead atoms. The molecule has 3 unspecified atom stereocenters. The minimum atomic E-state index is -0.308. The van der Waals surface area contributed by atoms with Gasteiger partial charge in [-0.25, -0.2) is 10.9 Å². The summed E-state index contributed by atoms with van der Waals surface area (Å²) in [6, 6.07) is 8.20. The van der Waals surface area contributed by atoms with Gasteiger partial charge in [0.2, 0.25) is 11.8 Å². The fraction of sp³-hybridized carbons (Fsp3) is 0.529. The predicted molar refractivity (Wildman–Crippen MR) is 87.1 cm³/mol. The number of nitrogens with one attached hydrogen (secondary N) is 2. The third kappa shape index (κ3) is 3.54. The van der Waals surface area contributed by atoms with Crippen LogP contribution >= 0.6 is 0 Å². The lowest BCUT2D eigenvalue weighted by molar-refractivity contribution is -0.136. The maximum Gasteiger partial charge on any atom is 0.241 e. The number of nitrogens with two attached hydrogens (primary N) is 1. The van der Waals surface area contributed by atoms with Gasteiger partial charge in [-0.1, -0.05) is 29.8 Å². The molecule has 0 saturated carbocycles. The molecule has 4 N–H and O–H groups in total. The van der Waals surface area contributed by atoms with Gasteiger partial charge in [-0.3, -0.25) is 9.59 Å². The molecule has 3 atom stereocenters. The highest BCUT2D eigenvalue weighted by molar-refractivity contribution is 5.84. The van der Waals surface area contributed by atoms with Crippen LogP contribution in [0.2, 0.25) is 0 Å². The molecule has 6 nitrogen and oxygen atoms in total. The Balaban J connectivity index is 1.61. The van der Waals surface area contributed by atoms with Crippen LogP contribution < -0.4 is 16.6 Å². The van der Waals surface area contributed by atoms with Crippen LogP contribution in [0.5, 0.6) is 0 Å². The van der Waals surface area contributed by atoms with Crippen LogP contribution in [0.25, 0.3) is 0 Å². The van der Waals surface area contributed by atoms with Crippen molar-refractivity contribution in [3.8, 4) is 0 Å². The second-order valence-electron chi connectivity index (χ2n) is 6.57. The minimum Gasteiger partial charge on any atom is -0.369 e. The largest absolute Gasteiger partial charge is 0.369 e. The van der Waals surface area contributed by atoms with Crippen LogP contribution in [0.4, 0.5) is 0 Å². The van der Waals surface area contributed by atoms with E-state index >= 15 is 0 Å². The lowest BCUT2D eigenvalue weighted by atomic mass is 9.96. The van der Waals surface area contributed by atoms with E-state index in [1.807, 2.05) is 0 Å². The lowest BCUT2D eigenvalue weighted by Gasteiger charge is -2.32.